The Kier molecular flexibility index (Phi) is 4.22. The second-order valence-electron chi connectivity index (χ2n) is 5.80. The van der Waals surface area contributed by atoms with Crippen molar-refractivity contribution in [2.75, 3.05) is 45.9 Å². The van der Waals surface area contributed by atoms with Crippen LogP contribution in [0.3, 0.4) is 0 Å². The van der Waals surface area contributed by atoms with Gasteiger partial charge in [0, 0.05) is 38.6 Å². The van der Waals surface area contributed by atoms with Crippen molar-refractivity contribution in [2.24, 2.45) is 11.1 Å². The highest BCUT2D eigenvalue weighted by atomic mass is 16.5. The quantitative estimate of drug-likeness (QED) is 0.439. The van der Waals surface area contributed by atoms with Crippen molar-refractivity contribution in [1.29, 1.82) is 10.7 Å². The van der Waals surface area contributed by atoms with E-state index in [1.54, 1.807) is 6.08 Å². The van der Waals surface area contributed by atoms with Crippen molar-refractivity contribution in [3.63, 3.8) is 0 Å². The molecule has 0 atom stereocenters. The summed E-state index contributed by atoms with van der Waals surface area (Å²) in [7, 11) is 0. The first-order valence-corrected chi connectivity index (χ1v) is 7.43. The molecule has 3 rings (SSSR count). The number of nitriles is 1. The number of morpholine rings is 1. The molecule has 0 saturated carbocycles. The molecule has 7 nitrogen and oxygen atoms in total. The van der Waals surface area contributed by atoms with Gasteiger partial charge in [0.2, 0.25) is 0 Å². The molecule has 0 aromatic heterocycles. The minimum absolute atomic E-state index is 0.235. The van der Waals surface area contributed by atoms with E-state index < -0.39 is 0 Å². The van der Waals surface area contributed by atoms with Crippen molar-refractivity contribution in [3.05, 3.63) is 23.4 Å². The predicted molar refractivity (Wildman–Crippen MR) is 82.9 cm³/mol. The van der Waals surface area contributed by atoms with E-state index in [0.717, 1.165) is 45.9 Å². The summed E-state index contributed by atoms with van der Waals surface area (Å²) in [5.41, 5.74) is 1.65. The van der Waals surface area contributed by atoms with Crippen molar-refractivity contribution in [2.45, 2.75) is 0 Å². The number of hydrogen-bond acceptors (Lipinski definition) is 6. The van der Waals surface area contributed by atoms with E-state index >= 15 is 0 Å². The van der Waals surface area contributed by atoms with Crippen LogP contribution in [-0.2, 0) is 4.74 Å². The summed E-state index contributed by atoms with van der Waals surface area (Å²) < 4.78 is 5.35. The zero-order valence-electron chi connectivity index (χ0n) is 12.4. The molecular weight excluding hydrogens is 282 g/mol. The molecule has 2 aliphatic heterocycles. The third-order valence-corrected chi connectivity index (χ3v) is 4.26. The van der Waals surface area contributed by atoms with Crippen LogP contribution >= 0.6 is 0 Å². The number of hydrogen-bond donors (Lipinski definition) is 1. The largest absolute Gasteiger partial charge is 0.469 e. The third-order valence-electron chi connectivity index (χ3n) is 4.26. The van der Waals surface area contributed by atoms with Crippen molar-refractivity contribution >= 4 is 11.4 Å². The van der Waals surface area contributed by atoms with Gasteiger partial charge < -0.3 is 14.8 Å². The van der Waals surface area contributed by atoms with Gasteiger partial charge in [-0.2, -0.15) is 5.26 Å². The van der Waals surface area contributed by atoms with E-state index in [9.17, 15) is 0 Å². The summed E-state index contributed by atoms with van der Waals surface area (Å²) in [6.45, 7) is 6.43. The average Bonchev–Trinajstić information content (AvgIpc) is 2.52. The molecule has 3 aliphatic rings. The zero-order chi connectivity index (χ0) is 15.5. The molecule has 2 heterocycles. The van der Waals surface area contributed by atoms with Gasteiger partial charge >= 0.3 is 0 Å². The van der Waals surface area contributed by atoms with Crippen molar-refractivity contribution in [1.82, 2.24) is 9.80 Å². The second kappa shape index (κ2) is 6.30. The molecule has 1 aliphatic carbocycles. The van der Waals surface area contributed by atoms with Gasteiger partial charge in [0.15, 0.2) is 5.71 Å². The summed E-state index contributed by atoms with van der Waals surface area (Å²) in [6, 6.07) is 2.07. The average molecular weight is 302 g/mol. The zero-order valence-corrected chi connectivity index (χ0v) is 12.4. The highest BCUT2D eigenvalue weighted by Crippen LogP contribution is 2.26. The molecule has 0 aromatic rings. The van der Waals surface area contributed by atoms with Crippen molar-refractivity contribution < 1.29 is 9.94 Å². The maximum atomic E-state index is 9.06. The van der Waals surface area contributed by atoms with Crippen LogP contribution in [0.15, 0.2) is 28.6 Å². The summed E-state index contributed by atoms with van der Waals surface area (Å²) in [5.74, 6) is 0.583. The van der Waals surface area contributed by atoms with Crippen molar-refractivity contribution in [3.8, 4) is 6.07 Å². The molecular formula is C15H20N5O2+. The molecule has 0 spiro atoms. The first kappa shape index (κ1) is 14.8. The predicted octanol–water partition coefficient (Wildman–Crippen LogP) is -0.302. The minimum atomic E-state index is 0.235. The van der Waals surface area contributed by atoms with E-state index in [1.165, 1.54) is 6.08 Å². The van der Waals surface area contributed by atoms with Crippen LogP contribution in [-0.4, -0.2) is 72.4 Å². The number of ether oxygens (including phenoxy) is 1. The minimum Gasteiger partial charge on any atom is -0.469 e. The third kappa shape index (κ3) is 2.89. The van der Waals surface area contributed by atoms with Crippen LogP contribution in [0.1, 0.15) is 0 Å². The second-order valence-corrected chi connectivity index (χ2v) is 5.80. The van der Waals surface area contributed by atoms with Gasteiger partial charge in [-0.05, 0) is 12.2 Å². The van der Waals surface area contributed by atoms with Crippen LogP contribution in [0.2, 0.25) is 0 Å². The van der Waals surface area contributed by atoms with E-state index in [-0.39, 0.29) is 11.4 Å². The van der Waals surface area contributed by atoms with Gasteiger partial charge in [0.05, 0.1) is 35.7 Å². The topological polar surface area (TPSA) is 98.6 Å². The number of likely N-dealkylation sites (tertiary alicyclic amines) is 1. The van der Waals surface area contributed by atoms with E-state index in [4.69, 9.17) is 20.6 Å². The Balaban J connectivity index is 1.59. The molecule has 3 N–H and O–H groups in total. The van der Waals surface area contributed by atoms with Crippen LogP contribution in [0.4, 0.5) is 0 Å². The summed E-state index contributed by atoms with van der Waals surface area (Å²) in [5, 5.41) is 27.7. The Bertz CT molecular complexity index is 590. The summed E-state index contributed by atoms with van der Waals surface area (Å²) in [4.78, 5) is 4.52. The molecule has 22 heavy (non-hydrogen) atoms. The highest BCUT2D eigenvalue weighted by Gasteiger charge is 2.34. The summed E-state index contributed by atoms with van der Waals surface area (Å²) in [6.07, 6.45) is 3.21. The Labute approximate surface area is 129 Å². The first-order valence-electron chi connectivity index (χ1n) is 7.43. The number of allylic oxidation sites excluding steroid dienone is 4. The standard InChI is InChI=1S/C15H19N5O2/c16-7-11-5-13(18-21)15(17)14(6-11)20-9-12(10-20)8-19-1-3-22-4-2-19/h5-6,12,17,21H,1-4,8-10H2/p+1/b17-15?,18-13-. The fraction of sp³-hybridized carbons (Fsp3) is 0.533. The normalized spacial score (nSPS) is 25.5. The molecule has 2 fully saturated rings. The van der Waals surface area contributed by atoms with Gasteiger partial charge in [0.1, 0.15) is 5.71 Å². The van der Waals surface area contributed by atoms with Crippen LogP contribution < -0.4 is 0 Å². The molecule has 7 heteroatoms. The maximum absolute atomic E-state index is 9.06. The summed E-state index contributed by atoms with van der Waals surface area (Å²) >= 11 is 0. The lowest BCUT2D eigenvalue weighted by Crippen LogP contribution is -2.53. The molecule has 0 unspecified atom stereocenters. The molecule has 0 aromatic carbocycles. The van der Waals surface area contributed by atoms with Crippen LogP contribution in [0.5, 0.6) is 0 Å². The highest BCUT2D eigenvalue weighted by molar-refractivity contribution is 6.51. The smallest absolute Gasteiger partial charge is 0.181 e. The SMILES string of the molecule is N#CC1=C/C(=N/[OH2+])C(=N)C(N2CC(CN3CCOCC3)C2)=C1. The lowest BCUT2D eigenvalue weighted by Gasteiger charge is -2.45. The fourth-order valence-electron chi connectivity index (χ4n) is 3.04. The Morgan fingerprint density at radius 1 is 1.36 bits per heavy atom. The van der Waals surface area contributed by atoms with E-state index in [2.05, 4.69) is 21.0 Å². The van der Waals surface area contributed by atoms with E-state index in [1.807, 2.05) is 0 Å². The van der Waals surface area contributed by atoms with Gasteiger partial charge in [-0.25, -0.2) is 0 Å². The van der Waals surface area contributed by atoms with Gasteiger partial charge in [-0.15, -0.1) is 0 Å². The maximum Gasteiger partial charge on any atom is 0.181 e. The van der Waals surface area contributed by atoms with E-state index in [0.29, 0.717) is 17.2 Å². The molecule has 2 saturated heterocycles. The number of nitrogens with one attached hydrogen (secondary N) is 1. The molecule has 0 bridgehead atoms. The number of nitrogens with zero attached hydrogens (tertiary/aromatic N) is 4. The van der Waals surface area contributed by atoms with Crippen LogP contribution in [0.25, 0.3) is 0 Å². The molecule has 0 radical (unpaired) electrons. The van der Waals surface area contributed by atoms with Gasteiger partial charge in [-0.1, -0.05) is 0 Å². The monoisotopic (exact) mass is 302 g/mol. The molecule has 116 valence electrons. The van der Waals surface area contributed by atoms with Crippen LogP contribution in [0, 0.1) is 22.7 Å². The Morgan fingerprint density at radius 2 is 2.09 bits per heavy atom. The fourth-order valence-corrected chi connectivity index (χ4v) is 3.04. The van der Waals surface area contributed by atoms with Gasteiger partial charge in [0.25, 0.3) is 0 Å². The van der Waals surface area contributed by atoms with Gasteiger partial charge in [-0.3, -0.25) is 10.3 Å². The Morgan fingerprint density at radius 3 is 2.73 bits per heavy atom. The lowest BCUT2D eigenvalue weighted by atomic mass is 9.93. The Hall–Kier alpha value is -2.17. The first-order chi connectivity index (χ1) is 10.7. The number of rotatable bonds is 3. The molecule has 0 amide bonds. The lowest BCUT2D eigenvalue weighted by molar-refractivity contribution is 0.0140.